The lowest BCUT2D eigenvalue weighted by molar-refractivity contribution is -0.143. The third-order valence-electron chi connectivity index (χ3n) is 3.40. The summed E-state index contributed by atoms with van der Waals surface area (Å²) in [6.07, 6.45) is 0.861. The Morgan fingerprint density at radius 1 is 1.29 bits per heavy atom. The lowest BCUT2D eigenvalue weighted by Gasteiger charge is -2.19. The number of carboxylic acid groups (broad SMARTS) is 1. The number of methoxy groups -OCH3 is 1. The summed E-state index contributed by atoms with van der Waals surface area (Å²) < 4.78 is 10.7. The van der Waals surface area contributed by atoms with Crippen LogP contribution in [-0.4, -0.2) is 36.2 Å². The van der Waals surface area contributed by atoms with Crippen molar-refractivity contribution in [3.05, 3.63) is 24.3 Å². The van der Waals surface area contributed by atoms with Crippen molar-refractivity contribution in [3.63, 3.8) is 0 Å². The average molecular weight is 293 g/mol. The molecule has 0 bridgehead atoms. The molecule has 6 heteroatoms. The monoisotopic (exact) mass is 293 g/mol. The molecule has 1 aromatic rings. The number of benzene rings is 1. The Labute approximate surface area is 123 Å². The van der Waals surface area contributed by atoms with Crippen LogP contribution in [0.1, 0.15) is 19.8 Å². The van der Waals surface area contributed by atoms with Gasteiger partial charge in [0.15, 0.2) is 17.6 Å². The molecule has 2 rings (SSSR count). The largest absolute Gasteiger partial charge is 0.493 e. The Kier molecular flexibility index (Phi) is 4.67. The molecule has 2 atom stereocenters. The summed E-state index contributed by atoms with van der Waals surface area (Å²) in [6.45, 7) is 1.58. The molecule has 1 amide bonds. The van der Waals surface area contributed by atoms with Gasteiger partial charge in [-0.3, -0.25) is 4.79 Å². The van der Waals surface area contributed by atoms with Crippen LogP contribution in [0.3, 0.4) is 0 Å². The smallest absolute Gasteiger partial charge is 0.326 e. The Hall–Kier alpha value is -2.24. The number of carbonyl (C=O) groups excluding carboxylic acids is 1. The van der Waals surface area contributed by atoms with Gasteiger partial charge in [-0.1, -0.05) is 12.1 Å². The predicted molar refractivity (Wildman–Crippen MR) is 75.4 cm³/mol. The van der Waals surface area contributed by atoms with Gasteiger partial charge >= 0.3 is 5.97 Å². The van der Waals surface area contributed by atoms with Gasteiger partial charge in [-0.15, -0.1) is 0 Å². The van der Waals surface area contributed by atoms with E-state index in [9.17, 15) is 9.59 Å². The van der Waals surface area contributed by atoms with E-state index in [0.29, 0.717) is 11.5 Å². The minimum Gasteiger partial charge on any atom is -0.493 e. The number of para-hydroxylation sites is 2. The summed E-state index contributed by atoms with van der Waals surface area (Å²) >= 11 is 0. The molecule has 0 radical (unpaired) electrons. The van der Waals surface area contributed by atoms with Crippen LogP contribution in [0.5, 0.6) is 11.5 Å². The minimum atomic E-state index is -1.00. The van der Waals surface area contributed by atoms with Gasteiger partial charge in [-0.25, -0.2) is 4.79 Å². The van der Waals surface area contributed by atoms with Crippen LogP contribution in [-0.2, 0) is 9.59 Å². The van der Waals surface area contributed by atoms with Crippen molar-refractivity contribution in [1.29, 1.82) is 0 Å². The van der Waals surface area contributed by atoms with Gasteiger partial charge in [-0.05, 0) is 37.8 Å². The number of carbonyl (C=O) groups is 2. The lowest BCUT2D eigenvalue weighted by Crippen LogP contribution is -2.47. The van der Waals surface area contributed by atoms with Gasteiger partial charge in [0.2, 0.25) is 0 Å². The SMILES string of the molecule is COc1ccccc1OC(C)C(=O)NC(C(=O)O)C1CC1. The van der Waals surface area contributed by atoms with Crippen LogP contribution in [0.4, 0.5) is 0 Å². The minimum absolute atomic E-state index is 0.0323. The Morgan fingerprint density at radius 3 is 2.43 bits per heavy atom. The van der Waals surface area contributed by atoms with Gasteiger partial charge in [0.1, 0.15) is 6.04 Å². The molecule has 0 saturated heterocycles. The molecule has 0 heterocycles. The van der Waals surface area contributed by atoms with Crippen molar-refractivity contribution < 1.29 is 24.2 Å². The van der Waals surface area contributed by atoms with E-state index in [1.807, 2.05) is 0 Å². The highest BCUT2D eigenvalue weighted by molar-refractivity contribution is 5.86. The van der Waals surface area contributed by atoms with E-state index in [4.69, 9.17) is 14.6 Å². The van der Waals surface area contributed by atoms with E-state index in [-0.39, 0.29) is 5.92 Å². The first kappa shape index (κ1) is 15.2. The summed E-state index contributed by atoms with van der Waals surface area (Å²) in [6, 6.07) is 6.15. The molecule has 0 aliphatic heterocycles. The quantitative estimate of drug-likeness (QED) is 0.794. The zero-order valence-electron chi connectivity index (χ0n) is 12.0. The fourth-order valence-electron chi connectivity index (χ4n) is 2.04. The Balaban J connectivity index is 1.97. The van der Waals surface area contributed by atoms with Crippen LogP contribution in [0.2, 0.25) is 0 Å². The summed E-state index contributed by atoms with van der Waals surface area (Å²) in [5, 5.41) is 11.6. The fraction of sp³-hybridized carbons (Fsp3) is 0.467. The molecule has 0 aromatic heterocycles. The molecule has 114 valence electrons. The second kappa shape index (κ2) is 6.47. The van der Waals surface area contributed by atoms with E-state index in [1.165, 1.54) is 7.11 Å². The normalized spacial score (nSPS) is 16.7. The second-order valence-electron chi connectivity index (χ2n) is 5.07. The maximum Gasteiger partial charge on any atom is 0.326 e. The van der Waals surface area contributed by atoms with Crippen molar-refractivity contribution in [2.24, 2.45) is 5.92 Å². The zero-order valence-corrected chi connectivity index (χ0v) is 12.0. The first-order chi connectivity index (χ1) is 10.0. The molecular formula is C15H19NO5. The number of nitrogens with one attached hydrogen (secondary N) is 1. The molecule has 1 fully saturated rings. The highest BCUT2D eigenvalue weighted by Gasteiger charge is 2.38. The Bertz CT molecular complexity index is 527. The molecule has 21 heavy (non-hydrogen) atoms. The number of hydrogen-bond acceptors (Lipinski definition) is 4. The zero-order chi connectivity index (χ0) is 15.4. The predicted octanol–water partition coefficient (Wildman–Crippen LogP) is 1.44. The van der Waals surface area contributed by atoms with Crippen molar-refractivity contribution in [2.75, 3.05) is 7.11 Å². The maximum absolute atomic E-state index is 12.1. The van der Waals surface area contributed by atoms with Crippen molar-refractivity contribution >= 4 is 11.9 Å². The summed E-state index contributed by atoms with van der Waals surface area (Å²) in [7, 11) is 1.51. The third kappa shape index (κ3) is 3.87. The molecule has 1 saturated carbocycles. The first-order valence-corrected chi connectivity index (χ1v) is 6.85. The number of ether oxygens (including phenoxy) is 2. The summed E-state index contributed by atoms with van der Waals surface area (Å²) in [5.74, 6) is -0.449. The number of rotatable bonds is 7. The molecule has 1 aliphatic carbocycles. The van der Waals surface area contributed by atoms with Crippen LogP contribution in [0.15, 0.2) is 24.3 Å². The van der Waals surface area contributed by atoms with Crippen LogP contribution in [0, 0.1) is 5.92 Å². The number of carboxylic acids is 1. The number of amides is 1. The van der Waals surface area contributed by atoms with Crippen molar-refractivity contribution in [1.82, 2.24) is 5.32 Å². The highest BCUT2D eigenvalue weighted by atomic mass is 16.5. The van der Waals surface area contributed by atoms with Crippen LogP contribution < -0.4 is 14.8 Å². The van der Waals surface area contributed by atoms with Gasteiger partial charge in [0, 0.05) is 0 Å². The van der Waals surface area contributed by atoms with E-state index < -0.39 is 24.0 Å². The van der Waals surface area contributed by atoms with E-state index >= 15 is 0 Å². The third-order valence-corrected chi connectivity index (χ3v) is 3.40. The fourth-order valence-corrected chi connectivity index (χ4v) is 2.04. The topological polar surface area (TPSA) is 84.9 Å². The van der Waals surface area contributed by atoms with Crippen molar-refractivity contribution in [2.45, 2.75) is 31.9 Å². The lowest BCUT2D eigenvalue weighted by atomic mass is 10.2. The van der Waals surface area contributed by atoms with Gasteiger partial charge in [-0.2, -0.15) is 0 Å². The van der Waals surface area contributed by atoms with Crippen LogP contribution in [0.25, 0.3) is 0 Å². The maximum atomic E-state index is 12.1. The molecule has 1 aliphatic rings. The van der Waals surface area contributed by atoms with E-state index in [1.54, 1.807) is 31.2 Å². The average Bonchev–Trinajstić information content (AvgIpc) is 3.29. The van der Waals surface area contributed by atoms with E-state index in [0.717, 1.165) is 12.8 Å². The van der Waals surface area contributed by atoms with Crippen LogP contribution >= 0.6 is 0 Å². The van der Waals surface area contributed by atoms with Gasteiger partial charge < -0.3 is 19.9 Å². The summed E-state index contributed by atoms with van der Waals surface area (Å²) in [4.78, 5) is 23.2. The Morgan fingerprint density at radius 2 is 1.90 bits per heavy atom. The van der Waals surface area contributed by atoms with E-state index in [2.05, 4.69) is 5.32 Å². The second-order valence-corrected chi connectivity index (χ2v) is 5.07. The highest BCUT2D eigenvalue weighted by Crippen LogP contribution is 2.33. The summed E-state index contributed by atoms with van der Waals surface area (Å²) in [5.41, 5.74) is 0. The molecule has 1 aromatic carbocycles. The molecular weight excluding hydrogens is 274 g/mol. The molecule has 2 unspecified atom stereocenters. The van der Waals surface area contributed by atoms with Gasteiger partial charge in [0.05, 0.1) is 7.11 Å². The molecule has 2 N–H and O–H groups in total. The van der Waals surface area contributed by atoms with Crippen molar-refractivity contribution in [3.8, 4) is 11.5 Å². The number of aliphatic carboxylic acids is 1. The number of hydrogen-bond donors (Lipinski definition) is 2. The van der Waals surface area contributed by atoms with Gasteiger partial charge in [0.25, 0.3) is 5.91 Å². The first-order valence-electron chi connectivity index (χ1n) is 6.85. The molecule has 6 nitrogen and oxygen atoms in total. The molecule has 0 spiro atoms. The standard InChI is InChI=1S/C15H19NO5/c1-9(21-12-6-4-3-5-11(12)20-2)14(17)16-13(15(18)19)10-7-8-10/h3-6,9-10,13H,7-8H2,1-2H3,(H,16,17)(H,18,19).